The lowest BCUT2D eigenvalue weighted by atomic mass is 10.2. The van der Waals surface area contributed by atoms with E-state index in [2.05, 4.69) is 20.4 Å². The Balaban J connectivity index is 1.52. The number of rotatable bonds is 4. The molecule has 0 radical (unpaired) electrons. The summed E-state index contributed by atoms with van der Waals surface area (Å²) in [4.78, 5) is 31.1. The van der Waals surface area contributed by atoms with Crippen LogP contribution in [-0.2, 0) is 6.54 Å². The number of aromatic nitrogens is 4. The monoisotopic (exact) mass is 309 g/mol. The first-order valence-corrected chi connectivity index (χ1v) is 7.51. The fourth-order valence-corrected chi connectivity index (χ4v) is 2.57. The Kier molecular flexibility index (Phi) is 3.18. The highest BCUT2D eigenvalue weighted by atomic mass is 16.2. The van der Waals surface area contributed by atoms with E-state index in [4.69, 9.17) is 0 Å². The first kappa shape index (κ1) is 13.7. The van der Waals surface area contributed by atoms with Gasteiger partial charge < -0.3 is 10.3 Å². The van der Waals surface area contributed by atoms with Crippen molar-refractivity contribution in [3.63, 3.8) is 0 Å². The third kappa shape index (κ3) is 2.61. The zero-order valence-electron chi connectivity index (χ0n) is 12.3. The number of hydrogen-bond acceptors (Lipinski definition) is 4. The largest absolute Gasteiger partial charge is 0.348 e. The molecule has 2 N–H and O–H groups in total. The van der Waals surface area contributed by atoms with E-state index in [1.54, 1.807) is 10.7 Å². The predicted molar refractivity (Wildman–Crippen MR) is 83.2 cm³/mol. The number of carbonyl (C=O) groups is 1. The predicted octanol–water partition coefficient (Wildman–Crippen LogP) is 1.22. The van der Waals surface area contributed by atoms with Gasteiger partial charge in [0.05, 0.1) is 5.52 Å². The van der Waals surface area contributed by atoms with Gasteiger partial charge in [0.15, 0.2) is 0 Å². The maximum atomic E-state index is 12.2. The summed E-state index contributed by atoms with van der Waals surface area (Å²) < 4.78 is 1.74. The number of fused-ring (bicyclic) bond motifs is 1. The highest BCUT2D eigenvalue weighted by molar-refractivity contribution is 5.93. The van der Waals surface area contributed by atoms with Crippen LogP contribution in [0.1, 0.15) is 40.5 Å². The third-order valence-electron chi connectivity index (χ3n) is 3.99. The Hall–Kier alpha value is -2.96. The maximum absolute atomic E-state index is 12.2. The minimum atomic E-state index is -0.428. The van der Waals surface area contributed by atoms with Gasteiger partial charge in [0.2, 0.25) is 0 Å². The lowest BCUT2D eigenvalue weighted by Gasteiger charge is -2.07. The van der Waals surface area contributed by atoms with E-state index in [0.717, 1.165) is 23.9 Å². The van der Waals surface area contributed by atoms with Gasteiger partial charge in [-0.3, -0.25) is 9.59 Å². The second-order valence-corrected chi connectivity index (χ2v) is 5.66. The van der Waals surface area contributed by atoms with Gasteiger partial charge in [-0.1, -0.05) is 6.07 Å². The molecule has 1 aliphatic carbocycles. The summed E-state index contributed by atoms with van der Waals surface area (Å²) in [5.74, 6) is 0.595. The van der Waals surface area contributed by atoms with Crippen LogP contribution in [0.2, 0.25) is 0 Å². The van der Waals surface area contributed by atoms with Gasteiger partial charge in [-0.15, -0.1) is 0 Å². The van der Waals surface area contributed by atoms with Crippen molar-refractivity contribution in [2.24, 2.45) is 0 Å². The molecule has 0 unspecified atom stereocenters. The van der Waals surface area contributed by atoms with Gasteiger partial charge in [-0.2, -0.15) is 5.10 Å². The molecule has 3 aromatic heterocycles. The summed E-state index contributed by atoms with van der Waals surface area (Å²) in [5, 5.41) is 6.91. The molecule has 0 aliphatic heterocycles. The van der Waals surface area contributed by atoms with Crippen LogP contribution in [0.15, 0.2) is 41.6 Å². The summed E-state index contributed by atoms with van der Waals surface area (Å²) in [5.41, 5.74) is 1.50. The Morgan fingerprint density at radius 2 is 2.26 bits per heavy atom. The molecule has 0 saturated heterocycles. The second kappa shape index (κ2) is 5.35. The summed E-state index contributed by atoms with van der Waals surface area (Å²) in [6.07, 6.45) is 6.99. The van der Waals surface area contributed by atoms with Gasteiger partial charge in [-0.25, -0.2) is 9.50 Å². The Labute approximate surface area is 131 Å². The second-order valence-electron chi connectivity index (χ2n) is 5.66. The molecule has 0 atom stereocenters. The zero-order valence-corrected chi connectivity index (χ0v) is 12.3. The number of nitrogens with zero attached hydrogens (tertiary/aromatic N) is 3. The molecule has 3 aromatic rings. The average molecular weight is 309 g/mol. The number of nitrogens with one attached hydrogen (secondary N) is 2. The molecule has 116 valence electrons. The lowest BCUT2D eigenvalue weighted by Crippen LogP contribution is -2.30. The molecule has 23 heavy (non-hydrogen) atoms. The van der Waals surface area contributed by atoms with Crippen LogP contribution in [0.5, 0.6) is 0 Å². The molecular weight excluding hydrogens is 294 g/mol. The van der Waals surface area contributed by atoms with Gasteiger partial charge in [0.25, 0.3) is 11.5 Å². The van der Waals surface area contributed by atoms with Crippen molar-refractivity contribution in [2.45, 2.75) is 25.3 Å². The normalized spacial score (nSPS) is 14.1. The summed E-state index contributed by atoms with van der Waals surface area (Å²) in [6, 6.07) is 5.65. The van der Waals surface area contributed by atoms with Crippen LogP contribution in [0.25, 0.3) is 5.52 Å². The molecule has 0 bridgehead atoms. The van der Waals surface area contributed by atoms with E-state index >= 15 is 0 Å². The van der Waals surface area contributed by atoms with E-state index in [1.165, 1.54) is 6.20 Å². The summed E-state index contributed by atoms with van der Waals surface area (Å²) in [7, 11) is 0. The van der Waals surface area contributed by atoms with Crippen molar-refractivity contribution < 1.29 is 4.79 Å². The van der Waals surface area contributed by atoms with Crippen molar-refractivity contribution >= 4 is 11.4 Å². The lowest BCUT2D eigenvalue weighted by molar-refractivity contribution is 0.0949. The molecule has 4 rings (SSSR count). The molecule has 7 nitrogen and oxygen atoms in total. The minimum Gasteiger partial charge on any atom is -0.348 e. The first-order chi connectivity index (χ1) is 11.2. The van der Waals surface area contributed by atoms with Gasteiger partial charge in [-0.05, 0) is 30.5 Å². The number of amides is 1. The van der Waals surface area contributed by atoms with Crippen LogP contribution in [-0.4, -0.2) is 25.5 Å². The van der Waals surface area contributed by atoms with Gasteiger partial charge in [0.1, 0.15) is 11.4 Å². The molecule has 1 amide bonds. The summed E-state index contributed by atoms with van der Waals surface area (Å²) >= 11 is 0. The van der Waals surface area contributed by atoms with Gasteiger partial charge >= 0.3 is 0 Å². The SMILES string of the molecule is O=C(NCc1cccn2nccc12)c1cnc(C2CC2)[nH]c1=O. The topological polar surface area (TPSA) is 92.2 Å². The van der Waals surface area contributed by atoms with Crippen LogP contribution >= 0.6 is 0 Å². The number of hydrogen-bond donors (Lipinski definition) is 2. The number of pyridine rings is 1. The molecule has 7 heteroatoms. The van der Waals surface area contributed by atoms with Crippen LogP contribution in [0.3, 0.4) is 0 Å². The van der Waals surface area contributed by atoms with Crippen molar-refractivity contribution in [2.75, 3.05) is 0 Å². The fourth-order valence-electron chi connectivity index (χ4n) is 2.57. The van der Waals surface area contributed by atoms with Crippen molar-refractivity contribution in [1.82, 2.24) is 24.9 Å². The molecular formula is C16H15N5O2. The van der Waals surface area contributed by atoms with Gasteiger partial charge in [0, 0.05) is 31.1 Å². The van der Waals surface area contributed by atoms with Crippen LogP contribution in [0.4, 0.5) is 0 Å². The first-order valence-electron chi connectivity index (χ1n) is 7.51. The quantitative estimate of drug-likeness (QED) is 0.758. The minimum absolute atomic E-state index is 0.0369. The average Bonchev–Trinajstić information content (AvgIpc) is 3.29. The molecule has 0 aromatic carbocycles. The number of carbonyl (C=O) groups excluding carboxylic acids is 1. The fraction of sp³-hybridized carbons (Fsp3) is 0.250. The third-order valence-corrected chi connectivity index (χ3v) is 3.99. The highest BCUT2D eigenvalue weighted by Gasteiger charge is 2.26. The van der Waals surface area contributed by atoms with Crippen LogP contribution < -0.4 is 10.9 Å². The molecule has 3 heterocycles. The van der Waals surface area contributed by atoms with E-state index < -0.39 is 5.91 Å². The van der Waals surface area contributed by atoms with E-state index in [-0.39, 0.29) is 11.1 Å². The summed E-state index contributed by atoms with van der Waals surface area (Å²) in [6.45, 7) is 0.318. The molecule has 1 aliphatic rings. The van der Waals surface area contributed by atoms with Crippen molar-refractivity contribution in [3.8, 4) is 0 Å². The number of H-pyrrole nitrogens is 1. The Morgan fingerprint density at radius 3 is 3.04 bits per heavy atom. The van der Waals surface area contributed by atoms with Crippen molar-refractivity contribution in [3.05, 3.63) is 64.1 Å². The standard InChI is InChI=1S/C16H15N5O2/c22-15(12-9-17-14(10-3-4-10)20-16(12)23)18-8-11-2-1-7-21-13(11)5-6-19-21/h1-2,5-7,9-10H,3-4,8H2,(H,18,22)(H,17,20,23). The molecule has 1 saturated carbocycles. The number of aromatic amines is 1. The van der Waals surface area contributed by atoms with Crippen LogP contribution in [0, 0.1) is 0 Å². The Bertz CT molecular complexity index is 939. The van der Waals surface area contributed by atoms with E-state index in [9.17, 15) is 9.59 Å². The molecule has 1 fully saturated rings. The Morgan fingerprint density at radius 1 is 1.39 bits per heavy atom. The highest BCUT2D eigenvalue weighted by Crippen LogP contribution is 2.37. The zero-order chi connectivity index (χ0) is 15.8. The van der Waals surface area contributed by atoms with E-state index in [1.807, 2.05) is 24.4 Å². The maximum Gasteiger partial charge on any atom is 0.263 e. The smallest absolute Gasteiger partial charge is 0.263 e. The molecule has 0 spiro atoms. The van der Waals surface area contributed by atoms with Crippen molar-refractivity contribution in [1.29, 1.82) is 0 Å². The van der Waals surface area contributed by atoms with E-state index in [0.29, 0.717) is 18.3 Å².